The maximum absolute atomic E-state index is 10.2. The zero-order valence-corrected chi connectivity index (χ0v) is 8.23. The van der Waals surface area contributed by atoms with Crippen molar-refractivity contribution in [2.75, 3.05) is 0 Å². The summed E-state index contributed by atoms with van der Waals surface area (Å²) in [6, 6.07) is 6.35. The third kappa shape index (κ3) is 3.12. The van der Waals surface area contributed by atoms with Crippen LogP contribution < -0.4 is 5.46 Å². The maximum Gasteiger partial charge on any atom is 0.582 e. The molecule has 1 rings (SSSR count). The molecule has 16 heavy (non-hydrogen) atoms. The molecule has 0 fully saturated rings. The first-order chi connectivity index (χ1) is 7.50. The van der Waals surface area contributed by atoms with Crippen molar-refractivity contribution in [2.45, 2.75) is 6.92 Å². The van der Waals surface area contributed by atoms with E-state index in [-0.39, 0.29) is 5.46 Å². The second-order valence-corrected chi connectivity index (χ2v) is 2.85. The molecule has 0 unspecified atom stereocenters. The van der Waals surface area contributed by atoms with Crippen LogP contribution in [0.5, 0.6) is 0 Å². The van der Waals surface area contributed by atoms with E-state index in [0.717, 1.165) is 0 Å². The molecule has 0 amide bonds. The summed E-state index contributed by atoms with van der Waals surface area (Å²) < 4.78 is 8.17. The Kier molecular flexibility index (Phi) is 3.65. The van der Waals surface area contributed by atoms with Crippen LogP contribution in [0.3, 0.4) is 0 Å². The van der Waals surface area contributed by atoms with Crippen LogP contribution in [-0.4, -0.2) is 17.3 Å². The molecular weight excluding hydrogens is 219 g/mol. The van der Waals surface area contributed by atoms with Crippen molar-refractivity contribution in [1.29, 1.82) is 0 Å². The highest BCUT2D eigenvalue weighted by Crippen LogP contribution is 1.99. The topological polar surface area (TPSA) is 105 Å². The Labute approximate surface area is 90.1 Å². The first-order valence-electron chi connectivity index (χ1n) is 4.18. The fraction of sp³-hybridized carbons (Fsp3) is 0.143. The van der Waals surface area contributed by atoms with Gasteiger partial charge in [-0.25, -0.2) is 0 Å². The molecule has 9 heteroatoms. The van der Waals surface area contributed by atoms with Crippen LogP contribution in [0.4, 0.5) is 0 Å². The van der Waals surface area contributed by atoms with Gasteiger partial charge in [-0.1, -0.05) is 29.8 Å². The molecule has 0 radical (unpaired) electrons. The minimum absolute atomic E-state index is 0.232. The van der Waals surface area contributed by atoms with E-state index < -0.39 is 17.3 Å². The molecule has 0 aliphatic rings. The third-order valence-electron chi connectivity index (χ3n) is 1.81. The summed E-state index contributed by atoms with van der Waals surface area (Å²) in [5, 5.41) is 18.0. The van der Waals surface area contributed by atoms with Gasteiger partial charge < -0.3 is 9.51 Å². The molecule has 0 aliphatic carbocycles. The van der Waals surface area contributed by atoms with Crippen LogP contribution >= 0.6 is 0 Å². The van der Waals surface area contributed by atoms with E-state index in [9.17, 15) is 20.2 Å². The van der Waals surface area contributed by atoms with Gasteiger partial charge in [-0.3, -0.25) is 0 Å². The monoisotopic (exact) mass is 226 g/mol. The lowest BCUT2D eigenvalue weighted by Gasteiger charge is -2.10. The molecule has 0 heterocycles. The average molecular weight is 226 g/mol. The minimum Gasteiger partial charge on any atom is -0.340 e. The van der Waals surface area contributed by atoms with Crippen LogP contribution in [0.1, 0.15) is 5.56 Å². The Balaban J connectivity index is 2.96. The molecule has 0 aromatic heterocycles. The lowest BCUT2D eigenvalue weighted by molar-refractivity contribution is -0.758. The molecule has 0 aliphatic heterocycles. The van der Waals surface area contributed by atoms with Crippen LogP contribution in [0.25, 0.3) is 0 Å². The van der Waals surface area contributed by atoms with Gasteiger partial charge in [-0.15, -0.1) is 20.2 Å². The highest BCUT2D eigenvalue weighted by molar-refractivity contribution is 6.61. The number of hydrogen-bond acceptors (Lipinski definition) is 6. The maximum atomic E-state index is 10.2. The van der Waals surface area contributed by atoms with Crippen LogP contribution in [0.15, 0.2) is 24.3 Å². The largest absolute Gasteiger partial charge is 0.582 e. The van der Waals surface area contributed by atoms with E-state index in [1.165, 1.54) is 6.07 Å². The van der Waals surface area contributed by atoms with Crippen molar-refractivity contribution < 1.29 is 19.7 Å². The van der Waals surface area contributed by atoms with Gasteiger partial charge in [0.05, 0.1) is 0 Å². The highest BCUT2D eigenvalue weighted by atomic mass is 17.0. The Morgan fingerprint density at radius 1 is 1.12 bits per heavy atom. The fourth-order valence-electron chi connectivity index (χ4n) is 1.14. The van der Waals surface area contributed by atoms with E-state index in [4.69, 9.17) is 0 Å². The van der Waals surface area contributed by atoms with E-state index in [2.05, 4.69) is 9.51 Å². The summed E-state index contributed by atoms with van der Waals surface area (Å²) in [6.45, 7) is 1.63. The summed E-state index contributed by atoms with van der Waals surface area (Å²) in [5.74, 6) is 0. The summed E-state index contributed by atoms with van der Waals surface area (Å²) in [5.41, 5.74) is 0.826. The quantitative estimate of drug-likeness (QED) is 0.400. The average Bonchev–Trinajstić information content (AvgIpc) is 2.15. The predicted molar refractivity (Wildman–Crippen MR) is 52.7 cm³/mol. The zero-order valence-electron chi connectivity index (χ0n) is 8.23. The lowest BCUT2D eigenvalue weighted by Crippen LogP contribution is -2.41. The first kappa shape index (κ1) is 11.8. The van der Waals surface area contributed by atoms with Gasteiger partial charge >= 0.3 is 7.12 Å². The number of benzene rings is 1. The second kappa shape index (κ2) is 4.96. The Hall–Kier alpha value is -2.32. The van der Waals surface area contributed by atoms with Crippen molar-refractivity contribution in [2.24, 2.45) is 0 Å². The summed E-state index contributed by atoms with van der Waals surface area (Å²) in [4.78, 5) is 20.3. The van der Waals surface area contributed by atoms with Crippen molar-refractivity contribution in [3.63, 3.8) is 0 Å². The van der Waals surface area contributed by atoms with Crippen LogP contribution in [0.2, 0.25) is 0 Å². The minimum atomic E-state index is -1.66. The molecule has 0 saturated carbocycles. The third-order valence-corrected chi connectivity index (χ3v) is 1.81. The first-order valence-corrected chi connectivity index (χ1v) is 4.18. The summed E-state index contributed by atoms with van der Waals surface area (Å²) >= 11 is 0. The lowest BCUT2D eigenvalue weighted by atomic mass is 9.77. The van der Waals surface area contributed by atoms with Crippen molar-refractivity contribution in [1.82, 2.24) is 0 Å². The SMILES string of the molecule is Cc1ccccc1B(O[N+](=O)[O-])O[N+](=O)[O-]. The highest BCUT2D eigenvalue weighted by Gasteiger charge is 2.29. The number of hydrogen-bond donors (Lipinski definition) is 0. The molecule has 8 nitrogen and oxygen atoms in total. The van der Waals surface area contributed by atoms with Crippen molar-refractivity contribution >= 4 is 12.6 Å². The van der Waals surface area contributed by atoms with Gasteiger partial charge in [-0.05, 0) is 12.4 Å². The molecule has 0 spiro atoms. The molecule has 1 aromatic rings. The number of aryl methyl sites for hydroxylation is 1. The van der Waals surface area contributed by atoms with Crippen LogP contribution in [-0.2, 0) is 9.51 Å². The van der Waals surface area contributed by atoms with Gasteiger partial charge in [0.15, 0.2) is 0 Å². The smallest absolute Gasteiger partial charge is 0.340 e. The zero-order chi connectivity index (χ0) is 12.1. The van der Waals surface area contributed by atoms with Gasteiger partial charge in [-0.2, -0.15) is 0 Å². The molecule has 0 atom stereocenters. The van der Waals surface area contributed by atoms with Gasteiger partial charge in [0.2, 0.25) is 0 Å². The van der Waals surface area contributed by atoms with Crippen molar-refractivity contribution in [3.8, 4) is 0 Å². The molecule has 0 saturated heterocycles. The fourth-order valence-corrected chi connectivity index (χ4v) is 1.14. The summed E-state index contributed by atoms with van der Waals surface area (Å²) in [6.07, 6.45) is 0. The van der Waals surface area contributed by atoms with E-state index >= 15 is 0 Å². The Bertz CT molecular complexity index is 396. The molecule has 84 valence electrons. The Morgan fingerprint density at radius 2 is 1.62 bits per heavy atom. The standard InChI is InChI=1S/C7H7BN2O6/c1-6-4-2-3-5-7(6)8(15-9(11)12)16-10(13)14/h2-5H,1H3. The second-order valence-electron chi connectivity index (χ2n) is 2.85. The van der Waals surface area contributed by atoms with E-state index in [0.29, 0.717) is 5.56 Å². The summed E-state index contributed by atoms with van der Waals surface area (Å²) in [7, 11) is -1.66. The number of nitrogens with zero attached hydrogens (tertiary/aromatic N) is 2. The van der Waals surface area contributed by atoms with E-state index in [1.54, 1.807) is 25.1 Å². The van der Waals surface area contributed by atoms with E-state index in [1.807, 2.05) is 0 Å². The molecule has 0 bridgehead atoms. The van der Waals surface area contributed by atoms with Crippen LogP contribution in [0, 0.1) is 27.2 Å². The van der Waals surface area contributed by atoms with Gasteiger partial charge in [0, 0.05) is 0 Å². The number of rotatable bonds is 5. The molecule has 0 N–H and O–H groups in total. The predicted octanol–water partition coefficient (Wildman–Crippen LogP) is 0.107. The van der Waals surface area contributed by atoms with Gasteiger partial charge in [0.1, 0.15) is 0 Å². The Morgan fingerprint density at radius 3 is 2.06 bits per heavy atom. The van der Waals surface area contributed by atoms with Gasteiger partial charge in [0.25, 0.3) is 10.2 Å². The normalized spacial score (nSPS) is 9.31. The molecular formula is C7H7BN2O6. The van der Waals surface area contributed by atoms with Crippen molar-refractivity contribution in [3.05, 3.63) is 50.1 Å². The molecule has 1 aromatic carbocycles.